The molecule has 0 radical (unpaired) electrons. The predicted octanol–water partition coefficient (Wildman–Crippen LogP) is -2.36. The predicted molar refractivity (Wildman–Crippen MR) is 375 cm³/mol. The van der Waals surface area contributed by atoms with Crippen LogP contribution in [0.1, 0.15) is 66.1 Å². The van der Waals surface area contributed by atoms with Crippen molar-refractivity contribution < 1.29 is 72.5 Å². The topological polar surface area (TPSA) is 508 Å². The highest BCUT2D eigenvalue weighted by Crippen LogP contribution is 2.24. The van der Waals surface area contributed by atoms with Crippen molar-refractivity contribution in [2.75, 3.05) is 13.1 Å². The number of phenols is 2. The Morgan fingerprint density at radius 1 is 0.587 bits per heavy atom. The Morgan fingerprint density at radius 2 is 1.14 bits per heavy atom. The van der Waals surface area contributed by atoms with Crippen LogP contribution >= 0.6 is 0 Å². The molecule has 11 atom stereocenters. The van der Waals surface area contributed by atoms with Crippen molar-refractivity contribution >= 4 is 87.7 Å². The van der Waals surface area contributed by atoms with E-state index >= 15 is 9.59 Å². The Labute approximate surface area is 595 Å². The average molecular weight is 1430 g/mol. The summed E-state index contributed by atoms with van der Waals surface area (Å²) in [4.78, 5) is 200. The normalized spacial score (nSPS) is 22.2. The zero-order valence-corrected chi connectivity index (χ0v) is 56.6. The lowest BCUT2D eigenvalue weighted by Crippen LogP contribution is -2.62. The van der Waals surface area contributed by atoms with Gasteiger partial charge in [-0.15, -0.1) is 0 Å². The van der Waals surface area contributed by atoms with Gasteiger partial charge in [0, 0.05) is 68.5 Å². The Balaban J connectivity index is 1.11. The number of primary amides is 2. The molecule has 0 aliphatic carbocycles. The molecule has 7 aromatic rings. The number of aromatic hydroxyl groups is 2. The summed E-state index contributed by atoms with van der Waals surface area (Å²) < 4.78 is 0. The maximum Gasteiger partial charge on any atom is 0.246 e. The molecule has 1 unspecified atom stereocenters. The number of aromatic amines is 2. The molecule has 2 saturated heterocycles. The molecule has 0 saturated carbocycles. The number of rotatable bonds is 19. The number of nitrogens with two attached hydrogens (primary N) is 3. The highest BCUT2D eigenvalue weighted by atomic mass is 16.3. The molecule has 20 N–H and O–H groups in total. The number of fused-ring (bicyclic) bond motifs is 2. The van der Waals surface area contributed by atoms with Gasteiger partial charge in [-0.2, -0.15) is 0 Å². The first-order valence-electron chi connectivity index (χ1n) is 33.6. The van der Waals surface area contributed by atoms with Gasteiger partial charge in [0.2, 0.25) is 76.8 Å². The molecular weight excluding hydrogens is 1340 g/mol. The highest BCUT2D eigenvalue weighted by molar-refractivity contribution is 6.01. The van der Waals surface area contributed by atoms with Crippen LogP contribution in [0.3, 0.4) is 0 Å². The number of hydrogen-bond donors (Lipinski definition) is 17. The van der Waals surface area contributed by atoms with E-state index in [0.29, 0.717) is 38.7 Å². The summed E-state index contributed by atoms with van der Waals surface area (Å²) in [6, 6.07) is 17.3. The highest BCUT2D eigenvalue weighted by Gasteiger charge is 2.42. The fourth-order valence-electron chi connectivity index (χ4n) is 12.1. The fourth-order valence-corrected chi connectivity index (χ4v) is 12.1. The zero-order chi connectivity index (χ0) is 74.6. The van der Waals surface area contributed by atoms with E-state index in [1.807, 2.05) is 0 Å². The summed E-state index contributed by atoms with van der Waals surface area (Å²) in [5.74, 6) is -13.5. The lowest BCUT2D eigenvalue weighted by molar-refractivity contribution is -0.142. The van der Waals surface area contributed by atoms with Gasteiger partial charge in [0.25, 0.3) is 0 Å². The molecular formula is C72H83N17O15. The number of hydrogen-bond acceptors (Lipinski definition) is 17. The van der Waals surface area contributed by atoms with Crippen LogP contribution in [-0.4, -0.2) is 186 Å². The van der Waals surface area contributed by atoms with Gasteiger partial charge in [0.1, 0.15) is 71.9 Å². The Morgan fingerprint density at radius 3 is 1.77 bits per heavy atom. The van der Waals surface area contributed by atoms with Crippen molar-refractivity contribution in [1.82, 2.24) is 73.0 Å². The first-order chi connectivity index (χ1) is 49.8. The minimum absolute atomic E-state index is 0.0111. The first kappa shape index (κ1) is 75.7. The molecule has 13 amide bonds. The fraction of sp³-hybridized carbons (Fsp3) is 0.333. The Hall–Kier alpha value is -12.5. The molecule has 2 aliphatic heterocycles. The average Bonchev–Trinajstić information content (AvgIpc) is 1.60. The van der Waals surface area contributed by atoms with E-state index in [2.05, 4.69) is 68.1 Å². The van der Waals surface area contributed by atoms with Crippen LogP contribution in [-0.2, 0) is 101 Å². The molecule has 5 aromatic carbocycles. The van der Waals surface area contributed by atoms with E-state index in [9.17, 15) is 63.0 Å². The van der Waals surface area contributed by atoms with Gasteiger partial charge >= 0.3 is 0 Å². The van der Waals surface area contributed by atoms with E-state index in [0.717, 1.165) is 0 Å². The second-order valence-electron chi connectivity index (χ2n) is 25.5. The molecule has 9 rings (SSSR count). The molecule has 32 nitrogen and oxygen atoms in total. The summed E-state index contributed by atoms with van der Waals surface area (Å²) >= 11 is 0. The maximum absolute atomic E-state index is 15.3. The minimum atomic E-state index is -1.93. The van der Waals surface area contributed by atoms with E-state index in [-0.39, 0.29) is 75.1 Å². The van der Waals surface area contributed by atoms with Crippen LogP contribution in [0.4, 0.5) is 0 Å². The standard InChI is InChI=1S/C72H83N17O15/c1-39-63(95)83-52(29-40-11-4-2-5-12-40)67(99)88-58(70(102)82-51(62(75)94)28-43-20-24-47(91)25-21-43)37-78-65(97)56(84-64(96)49(73)27-42-18-22-46(90)23-19-42)34-61(93)81-54(32-45-36-76-38-79-45)69(101)87-57(30-41-13-6-3-7-14-41)72(104)89-26-10-17-59(89)71(103)86-53(31-44-35-77-50-16-9-8-15-48(44)50)68(100)85-55(33-60(74)92)66(98)80-39/h2-9,11-16,18-25,35-36,38-39,49,51-59,77,90-91H,10,17,26-34,37,73H2,1H3,(H2,74,92)(H2,75,94)(H,76,79)(H,78,97)(H,80,98)(H,81,93)(H,82,102)(H,83,95)(H,84,96)(H,85,100)(H,86,103)(H,87,101)(H,88,99)/t39-,49-,51-,52-,53-,54-,55-,56+,57+,58?,59-/m0/s1. The largest absolute Gasteiger partial charge is 0.508 e. The second kappa shape index (κ2) is 35.7. The summed E-state index contributed by atoms with van der Waals surface area (Å²) in [6.45, 7) is 0.309. The van der Waals surface area contributed by atoms with Gasteiger partial charge in [0.15, 0.2) is 0 Å². The van der Waals surface area contributed by atoms with Gasteiger partial charge in [-0.1, -0.05) is 103 Å². The lowest BCUT2D eigenvalue weighted by atomic mass is 10.0. The SMILES string of the molecule is C[C@@H]1NC(=O)[C@H](CC(N)=O)NC(=O)[C@H](Cc2c[nH]c3ccccc23)NC(=O)[C@@H]2CCCN2C(=O)[C@@H](Cc2ccccc2)NC(=O)[C@H](Cc2c[nH]cn2)NC(=O)C[C@@H](NC(=O)[C@@H](N)Cc2ccc(O)cc2)C(=O)NCC(C(=O)N[C@@H](Cc2ccc(O)cc2)C(N)=O)NC(=O)[C@H](Cc2ccccc2)NC1=O. The molecule has 104 heavy (non-hydrogen) atoms. The Bertz CT molecular complexity index is 4240. The maximum atomic E-state index is 15.3. The van der Waals surface area contributed by atoms with Crippen molar-refractivity contribution in [2.24, 2.45) is 17.2 Å². The summed E-state index contributed by atoms with van der Waals surface area (Å²) in [5.41, 5.74) is 21.2. The Kier molecular flexibility index (Phi) is 26.0. The molecule has 0 spiro atoms. The van der Waals surface area contributed by atoms with Crippen LogP contribution < -0.4 is 70.4 Å². The van der Waals surface area contributed by atoms with Crippen molar-refractivity contribution in [3.05, 3.63) is 186 Å². The number of benzene rings is 5. The van der Waals surface area contributed by atoms with Crippen molar-refractivity contribution in [3.8, 4) is 11.5 Å². The molecule has 32 heteroatoms. The number of amides is 13. The van der Waals surface area contributed by atoms with Crippen LogP contribution in [0.25, 0.3) is 10.9 Å². The van der Waals surface area contributed by atoms with Gasteiger partial charge in [0.05, 0.1) is 30.9 Å². The van der Waals surface area contributed by atoms with Gasteiger partial charge in [-0.3, -0.25) is 62.3 Å². The molecule has 4 heterocycles. The number of H-pyrrole nitrogens is 2. The third-order valence-corrected chi connectivity index (χ3v) is 17.7. The van der Waals surface area contributed by atoms with Crippen LogP contribution in [0.2, 0.25) is 0 Å². The number of aromatic nitrogens is 3. The summed E-state index contributed by atoms with van der Waals surface area (Å²) in [5, 5.41) is 46.3. The number of carbonyl (C=O) groups is 13. The minimum Gasteiger partial charge on any atom is -0.508 e. The second-order valence-corrected chi connectivity index (χ2v) is 25.5. The van der Waals surface area contributed by atoms with Gasteiger partial charge in [-0.05, 0) is 84.3 Å². The third kappa shape index (κ3) is 21.3. The number of para-hydroxylation sites is 1. The molecule has 2 aliphatic rings. The number of imidazole rings is 1. The van der Waals surface area contributed by atoms with Crippen molar-refractivity contribution in [2.45, 2.75) is 138 Å². The molecule has 2 fully saturated rings. The number of nitrogens with one attached hydrogen (secondary N) is 12. The molecule has 2 aromatic heterocycles. The van der Waals surface area contributed by atoms with E-state index in [1.54, 1.807) is 91.1 Å². The summed E-state index contributed by atoms with van der Waals surface area (Å²) in [6.07, 6.45) is 1.46. The number of phenolic OH excluding ortho intramolecular Hbond substituents is 2. The summed E-state index contributed by atoms with van der Waals surface area (Å²) in [7, 11) is 0. The van der Waals surface area contributed by atoms with Crippen LogP contribution in [0, 0.1) is 0 Å². The lowest BCUT2D eigenvalue weighted by Gasteiger charge is -2.31. The number of nitrogens with zero attached hydrogens (tertiary/aromatic N) is 2. The number of carbonyl (C=O) groups excluding carboxylic acids is 13. The molecule has 546 valence electrons. The molecule has 0 bridgehead atoms. The van der Waals surface area contributed by atoms with Gasteiger partial charge in [-0.25, -0.2) is 4.98 Å². The van der Waals surface area contributed by atoms with E-state index in [1.165, 1.54) is 72.9 Å². The smallest absolute Gasteiger partial charge is 0.246 e. The van der Waals surface area contributed by atoms with E-state index < -0.39 is 163 Å². The van der Waals surface area contributed by atoms with Crippen LogP contribution in [0.15, 0.2) is 152 Å². The quantitative estimate of drug-likeness (QED) is 0.0403. The first-order valence-corrected chi connectivity index (χ1v) is 33.6. The van der Waals surface area contributed by atoms with Crippen molar-refractivity contribution in [3.63, 3.8) is 0 Å². The third-order valence-electron chi connectivity index (χ3n) is 17.7. The van der Waals surface area contributed by atoms with Crippen LogP contribution in [0.5, 0.6) is 11.5 Å². The van der Waals surface area contributed by atoms with E-state index in [4.69, 9.17) is 17.2 Å². The monoisotopic (exact) mass is 1430 g/mol. The van der Waals surface area contributed by atoms with Crippen molar-refractivity contribution in [1.29, 1.82) is 0 Å². The zero-order valence-electron chi connectivity index (χ0n) is 56.6. The van der Waals surface area contributed by atoms with Gasteiger partial charge < -0.3 is 95.4 Å².